The number of fused-ring (bicyclic) bond motifs is 1. The minimum Gasteiger partial charge on any atom is -0.373 e. The second kappa shape index (κ2) is 9.84. The van der Waals surface area contributed by atoms with Gasteiger partial charge in [-0.15, -0.1) is 0 Å². The van der Waals surface area contributed by atoms with Crippen molar-refractivity contribution in [3.63, 3.8) is 0 Å². The number of nitriles is 1. The van der Waals surface area contributed by atoms with Crippen molar-refractivity contribution < 1.29 is 23.7 Å². The second-order valence-corrected chi connectivity index (χ2v) is 15.5. The Bertz CT molecular complexity index is 940. The summed E-state index contributed by atoms with van der Waals surface area (Å²) in [7, 11) is -1.40. The lowest BCUT2D eigenvalue weighted by molar-refractivity contribution is -0.176. The van der Waals surface area contributed by atoms with Crippen LogP contribution in [0.4, 0.5) is 4.79 Å². The van der Waals surface area contributed by atoms with E-state index in [-0.39, 0.29) is 18.2 Å². The number of carbonyl (C=O) groups excluding carboxylic acids is 1. The SMILES string of the molecule is C[Si](C)[C@]1(N2C=CC3=NC(C#N)CN3C2=O)O[C@H](COC(C)(C)C)[C@@H](OC(C)(C)C)[C@H]1OC(C)(C)C. The number of aliphatic imine (C=N–C) groups is 1. The van der Waals surface area contributed by atoms with E-state index in [2.05, 4.69) is 24.2 Å². The molecule has 0 aliphatic carbocycles. The first-order valence-electron chi connectivity index (χ1n) is 12.6. The summed E-state index contributed by atoms with van der Waals surface area (Å²) in [5.41, 5.74) is -1.37. The molecule has 0 aromatic carbocycles. The molecule has 0 spiro atoms. The molecule has 0 saturated carbocycles. The molecule has 0 N–H and O–H groups in total. The number of hydrogen-bond acceptors (Lipinski definition) is 7. The van der Waals surface area contributed by atoms with E-state index < -0.39 is 49.7 Å². The van der Waals surface area contributed by atoms with E-state index in [9.17, 15) is 10.1 Å². The van der Waals surface area contributed by atoms with Crippen molar-refractivity contribution >= 4 is 20.7 Å². The molecular formula is C26H43N4O5Si. The highest BCUT2D eigenvalue weighted by Crippen LogP contribution is 2.44. The van der Waals surface area contributed by atoms with Gasteiger partial charge in [0.15, 0.2) is 11.4 Å². The van der Waals surface area contributed by atoms with Crippen molar-refractivity contribution in [2.24, 2.45) is 4.99 Å². The molecule has 1 radical (unpaired) electrons. The quantitative estimate of drug-likeness (QED) is 0.490. The fraction of sp³-hybridized carbons (Fsp3) is 0.808. The van der Waals surface area contributed by atoms with E-state index in [0.717, 1.165) is 0 Å². The number of urea groups is 1. The number of amidine groups is 1. The average molecular weight is 520 g/mol. The topological polar surface area (TPSA) is 96.6 Å². The summed E-state index contributed by atoms with van der Waals surface area (Å²) in [4.78, 5) is 21.5. The van der Waals surface area contributed by atoms with Crippen molar-refractivity contribution in [2.45, 2.75) is 122 Å². The molecule has 0 bridgehead atoms. The third-order valence-corrected chi connectivity index (χ3v) is 8.06. The molecule has 36 heavy (non-hydrogen) atoms. The van der Waals surface area contributed by atoms with E-state index >= 15 is 0 Å². The largest absolute Gasteiger partial charge is 0.373 e. The molecule has 5 atom stereocenters. The highest BCUT2D eigenvalue weighted by molar-refractivity contribution is 6.59. The molecular weight excluding hydrogens is 476 g/mol. The lowest BCUT2D eigenvalue weighted by Gasteiger charge is -2.48. The Balaban J connectivity index is 2.11. The lowest BCUT2D eigenvalue weighted by atomic mass is 10.0. The van der Waals surface area contributed by atoms with Crippen LogP contribution >= 0.6 is 0 Å². The fourth-order valence-electron chi connectivity index (χ4n) is 4.66. The van der Waals surface area contributed by atoms with Crippen LogP contribution in [0, 0.1) is 11.3 Å². The summed E-state index contributed by atoms with van der Waals surface area (Å²) < 4.78 is 26.5. The number of nitrogens with zero attached hydrogens (tertiary/aromatic N) is 4. The molecule has 201 valence electrons. The Labute approximate surface area is 218 Å². The van der Waals surface area contributed by atoms with Crippen LogP contribution < -0.4 is 0 Å². The van der Waals surface area contributed by atoms with E-state index in [4.69, 9.17) is 18.9 Å². The van der Waals surface area contributed by atoms with E-state index in [1.54, 1.807) is 22.1 Å². The average Bonchev–Trinajstić information content (AvgIpc) is 3.25. The van der Waals surface area contributed by atoms with Gasteiger partial charge in [-0.25, -0.2) is 9.79 Å². The third kappa shape index (κ3) is 6.02. The first kappa shape index (κ1) is 28.8. The van der Waals surface area contributed by atoms with Gasteiger partial charge in [0.05, 0.1) is 36.0 Å². The van der Waals surface area contributed by atoms with E-state index in [0.29, 0.717) is 12.4 Å². The summed E-state index contributed by atoms with van der Waals surface area (Å²) in [6, 6.07) is 1.30. The first-order valence-corrected chi connectivity index (χ1v) is 15.1. The fourth-order valence-corrected chi connectivity index (χ4v) is 6.49. The Morgan fingerprint density at radius 3 is 2.22 bits per heavy atom. The molecule has 0 aromatic rings. The van der Waals surface area contributed by atoms with Crippen molar-refractivity contribution in [2.75, 3.05) is 13.2 Å². The highest BCUT2D eigenvalue weighted by Gasteiger charge is 2.64. The minimum atomic E-state index is -1.40. The Morgan fingerprint density at radius 1 is 1.11 bits per heavy atom. The zero-order chi connectivity index (χ0) is 27.3. The van der Waals surface area contributed by atoms with Crippen LogP contribution in [0.3, 0.4) is 0 Å². The molecule has 1 fully saturated rings. The van der Waals surface area contributed by atoms with E-state index in [1.165, 1.54) is 0 Å². The maximum Gasteiger partial charge on any atom is 0.331 e. The van der Waals surface area contributed by atoms with Gasteiger partial charge in [0, 0.05) is 6.20 Å². The van der Waals surface area contributed by atoms with Crippen molar-refractivity contribution in [3.8, 4) is 6.07 Å². The molecule has 2 amide bonds. The summed E-state index contributed by atoms with van der Waals surface area (Å²) in [5, 5.41) is 8.30. The lowest BCUT2D eigenvalue weighted by Crippen LogP contribution is -2.68. The van der Waals surface area contributed by atoms with Gasteiger partial charge >= 0.3 is 6.03 Å². The van der Waals surface area contributed by atoms with Gasteiger partial charge in [-0.05, 0) is 68.4 Å². The maximum atomic E-state index is 13.9. The number of hydrogen-bond donors (Lipinski definition) is 0. The summed E-state index contributed by atoms with van der Waals surface area (Å²) in [6.07, 6.45) is 2.00. The van der Waals surface area contributed by atoms with Gasteiger partial charge in [-0.3, -0.25) is 9.80 Å². The summed E-state index contributed by atoms with van der Waals surface area (Å²) >= 11 is 0. The molecule has 3 aliphatic rings. The molecule has 0 aromatic heterocycles. The number of ether oxygens (including phenoxy) is 4. The Kier molecular flexibility index (Phi) is 7.87. The molecule has 10 heteroatoms. The summed E-state index contributed by atoms with van der Waals surface area (Å²) in [5.74, 6) is 0.500. The molecule has 3 heterocycles. The van der Waals surface area contributed by atoms with E-state index in [1.807, 2.05) is 62.3 Å². The van der Waals surface area contributed by atoms with Crippen LogP contribution in [-0.2, 0) is 18.9 Å². The maximum absolute atomic E-state index is 13.9. The first-order chi connectivity index (χ1) is 16.4. The van der Waals surface area contributed by atoms with Crippen molar-refractivity contribution in [3.05, 3.63) is 12.3 Å². The number of rotatable bonds is 6. The smallest absolute Gasteiger partial charge is 0.331 e. The van der Waals surface area contributed by atoms with Crippen molar-refractivity contribution in [1.29, 1.82) is 5.26 Å². The second-order valence-electron chi connectivity index (χ2n) is 12.8. The monoisotopic (exact) mass is 519 g/mol. The van der Waals surface area contributed by atoms with Gasteiger partial charge in [0.1, 0.15) is 32.9 Å². The number of carbonyl (C=O) groups is 1. The zero-order valence-electron chi connectivity index (χ0n) is 23.7. The summed E-state index contributed by atoms with van der Waals surface area (Å²) in [6.45, 7) is 22.8. The van der Waals surface area contributed by atoms with Gasteiger partial charge in [-0.1, -0.05) is 13.1 Å². The molecule has 1 unspecified atom stereocenters. The molecule has 3 aliphatic heterocycles. The van der Waals surface area contributed by atoms with Crippen LogP contribution in [0.5, 0.6) is 0 Å². The van der Waals surface area contributed by atoms with Gasteiger partial charge in [0.2, 0.25) is 0 Å². The van der Waals surface area contributed by atoms with Crippen LogP contribution in [0.1, 0.15) is 62.3 Å². The van der Waals surface area contributed by atoms with Crippen LogP contribution in [0.2, 0.25) is 13.1 Å². The predicted octanol–water partition coefficient (Wildman–Crippen LogP) is 4.11. The standard InChI is InChI=1S/C26H43N4O5Si/c1-23(2,3)32-16-18-20(34-24(4,5)6)21(35-25(7,8)9)26(33-18,36(10)11)30-13-12-19-28-17(14-27)15-29(19)22(30)31/h12-13,17-18,20-21H,15-16H2,1-11H3/t17?,18-,20-,21-,26-/m1/s1. The molecule has 3 rings (SSSR count). The Hall–Kier alpha value is -1.77. The van der Waals surface area contributed by atoms with Crippen LogP contribution in [-0.4, -0.2) is 90.1 Å². The molecule has 1 saturated heterocycles. The predicted molar refractivity (Wildman–Crippen MR) is 140 cm³/mol. The normalized spacial score (nSPS) is 31.2. The third-order valence-electron chi connectivity index (χ3n) is 5.99. The molecule has 9 nitrogen and oxygen atoms in total. The van der Waals surface area contributed by atoms with Crippen molar-refractivity contribution in [1.82, 2.24) is 9.80 Å². The van der Waals surface area contributed by atoms with Crippen LogP contribution in [0.15, 0.2) is 17.3 Å². The highest BCUT2D eigenvalue weighted by atomic mass is 28.3. The van der Waals surface area contributed by atoms with Gasteiger partial charge in [0.25, 0.3) is 0 Å². The Morgan fingerprint density at radius 2 is 1.72 bits per heavy atom. The zero-order valence-corrected chi connectivity index (χ0v) is 24.7. The number of amides is 2. The van der Waals surface area contributed by atoms with Gasteiger partial charge in [-0.2, -0.15) is 5.26 Å². The van der Waals surface area contributed by atoms with Crippen LogP contribution in [0.25, 0.3) is 0 Å². The van der Waals surface area contributed by atoms with Gasteiger partial charge < -0.3 is 18.9 Å². The minimum absolute atomic E-state index is 0.223.